The SMILES string of the molecule is CCC(N)CCCC(c1ccccc1)c1ccccc1. The number of benzene rings is 2. The third-order valence-electron chi connectivity index (χ3n) is 4.00. The fourth-order valence-corrected chi connectivity index (χ4v) is 2.68. The van der Waals surface area contributed by atoms with Gasteiger partial charge >= 0.3 is 0 Å². The van der Waals surface area contributed by atoms with Crippen molar-refractivity contribution in [1.82, 2.24) is 0 Å². The molecule has 2 N–H and O–H groups in total. The van der Waals surface area contributed by atoms with Gasteiger partial charge in [0.15, 0.2) is 0 Å². The molecule has 1 heteroatoms. The van der Waals surface area contributed by atoms with Crippen molar-refractivity contribution in [2.45, 2.75) is 44.6 Å². The molecule has 0 heterocycles. The topological polar surface area (TPSA) is 26.0 Å². The van der Waals surface area contributed by atoms with E-state index >= 15 is 0 Å². The molecule has 0 aliphatic rings. The van der Waals surface area contributed by atoms with Gasteiger partial charge < -0.3 is 5.73 Å². The molecule has 0 aliphatic carbocycles. The van der Waals surface area contributed by atoms with Crippen LogP contribution in [0.1, 0.15) is 49.7 Å². The predicted octanol–water partition coefficient (Wildman–Crippen LogP) is 4.73. The maximum absolute atomic E-state index is 6.04. The third kappa shape index (κ3) is 4.21. The highest BCUT2D eigenvalue weighted by Crippen LogP contribution is 2.29. The number of rotatable bonds is 7. The van der Waals surface area contributed by atoms with Gasteiger partial charge in [-0.2, -0.15) is 0 Å². The Labute approximate surface area is 122 Å². The molecular weight excluding hydrogens is 242 g/mol. The van der Waals surface area contributed by atoms with Crippen molar-refractivity contribution in [3.8, 4) is 0 Å². The van der Waals surface area contributed by atoms with Crippen molar-refractivity contribution < 1.29 is 0 Å². The van der Waals surface area contributed by atoms with Gasteiger partial charge in [-0.25, -0.2) is 0 Å². The maximum atomic E-state index is 6.04. The summed E-state index contributed by atoms with van der Waals surface area (Å²) < 4.78 is 0. The summed E-state index contributed by atoms with van der Waals surface area (Å²) in [4.78, 5) is 0. The minimum absolute atomic E-state index is 0.349. The van der Waals surface area contributed by atoms with Crippen LogP contribution in [0.2, 0.25) is 0 Å². The predicted molar refractivity (Wildman–Crippen MR) is 86.8 cm³/mol. The molecule has 1 nitrogen and oxygen atoms in total. The van der Waals surface area contributed by atoms with Crippen molar-refractivity contribution in [1.29, 1.82) is 0 Å². The summed E-state index contributed by atoms with van der Waals surface area (Å²) in [5.74, 6) is 0.487. The molecule has 0 aliphatic heterocycles. The lowest BCUT2D eigenvalue weighted by atomic mass is 9.86. The monoisotopic (exact) mass is 267 g/mol. The third-order valence-corrected chi connectivity index (χ3v) is 4.00. The van der Waals surface area contributed by atoms with Crippen LogP contribution in [0.4, 0.5) is 0 Å². The molecule has 0 aromatic heterocycles. The Bertz CT molecular complexity index is 438. The van der Waals surface area contributed by atoms with Gasteiger partial charge in [0.2, 0.25) is 0 Å². The molecule has 20 heavy (non-hydrogen) atoms. The largest absolute Gasteiger partial charge is 0.328 e. The standard InChI is InChI=1S/C19H25N/c1-2-18(20)14-9-15-19(16-10-5-3-6-11-16)17-12-7-4-8-13-17/h3-8,10-13,18-19H,2,9,14-15,20H2,1H3. The normalized spacial score (nSPS) is 12.6. The minimum atomic E-state index is 0.349. The van der Waals surface area contributed by atoms with Crippen LogP contribution in [0.5, 0.6) is 0 Å². The zero-order chi connectivity index (χ0) is 14.2. The number of nitrogens with two attached hydrogens (primary N) is 1. The summed E-state index contributed by atoms with van der Waals surface area (Å²) in [6.45, 7) is 2.16. The highest BCUT2D eigenvalue weighted by molar-refractivity contribution is 5.32. The van der Waals surface area contributed by atoms with Crippen LogP contribution in [-0.2, 0) is 0 Å². The van der Waals surface area contributed by atoms with Crippen LogP contribution in [0.15, 0.2) is 60.7 Å². The number of hydrogen-bond acceptors (Lipinski definition) is 1. The van der Waals surface area contributed by atoms with Gasteiger partial charge in [0.25, 0.3) is 0 Å². The second kappa shape index (κ2) is 7.86. The maximum Gasteiger partial charge on any atom is 0.00893 e. The van der Waals surface area contributed by atoms with Crippen LogP contribution in [0.25, 0.3) is 0 Å². The highest BCUT2D eigenvalue weighted by Gasteiger charge is 2.13. The Kier molecular flexibility index (Phi) is 5.82. The van der Waals surface area contributed by atoms with Crippen molar-refractivity contribution >= 4 is 0 Å². The zero-order valence-corrected chi connectivity index (χ0v) is 12.3. The lowest BCUT2D eigenvalue weighted by Crippen LogP contribution is -2.18. The van der Waals surface area contributed by atoms with Gasteiger partial charge in [-0.15, -0.1) is 0 Å². The second-order valence-electron chi connectivity index (χ2n) is 5.47. The quantitative estimate of drug-likeness (QED) is 0.771. The van der Waals surface area contributed by atoms with Crippen molar-refractivity contribution in [2.24, 2.45) is 5.73 Å². The van der Waals surface area contributed by atoms with Gasteiger partial charge in [0.05, 0.1) is 0 Å². The van der Waals surface area contributed by atoms with E-state index in [1.165, 1.54) is 24.0 Å². The Balaban J connectivity index is 2.09. The second-order valence-corrected chi connectivity index (χ2v) is 5.47. The fourth-order valence-electron chi connectivity index (χ4n) is 2.68. The molecule has 1 atom stereocenters. The van der Waals surface area contributed by atoms with Gasteiger partial charge in [-0.1, -0.05) is 74.0 Å². The summed E-state index contributed by atoms with van der Waals surface area (Å²) in [7, 11) is 0. The van der Waals surface area contributed by atoms with Crippen LogP contribution >= 0.6 is 0 Å². The van der Waals surface area contributed by atoms with Crippen LogP contribution in [0, 0.1) is 0 Å². The Morgan fingerprint density at radius 2 is 1.30 bits per heavy atom. The smallest absolute Gasteiger partial charge is 0.00893 e. The molecule has 0 fully saturated rings. The van der Waals surface area contributed by atoms with Crippen molar-refractivity contribution in [3.63, 3.8) is 0 Å². The molecular formula is C19H25N. The van der Waals surface area contributed by atoms with E-state index in [2.05, 4.69) is 67.6 Å². The first-order valence-electron chi connectivity index (χ1n) is 7.66. The van der Waals surface area contributed by atoms with E-state index in [9.17, 15) is 0 Å². The Hall–Kier alpha value is -1.60. The molecule has 0 saturated carbocycles. The molecule has 2 aromatic rings. The first kappa shape index (κ1) is 14.8. The van der Waals surface area contributed by atoms with E-state index < -0.39 is 0 Å². The van der Waals surface area contributed by atoms with E-state index in [1.54, 1.807) is 0 Å². The molecule has 0 radical (unpaired) electrons. The van der Waals surface area contributed by atoms with Gasteiger partial charge in [0.1, 0.15) is 0 Å². The molecule has 0 spiro atoms. The average molecular weight is 267 g/mol. The van der Waals surface area contributed by atoms with E-state index in [-0.39, 0.29) is 0 Å². The first-order valence-corrected chi connectivity index (χ1v) is 7.66. The summed E-state index contributed by atoms with van der Waals surface area (Å²) in [5, 5.41) is 0. The summed E-state index contributed by atoms with van der Waals surface area (Å²) in [6.07, 6.45) is 4.54. The molecule has 0 saturated heterocycles. The number of hydrogen-bond donors (Lipinski definition) is 1. The highest BCUT2D eigenvalue weighted by atomic mass is 14.6. The molecule has 0 amide bonds. The van der Waals surface area contributed by atoms with E-state index in [1.807, 2.05) is 0 Å². The van der Waals surface area contributed by atoms with Crippen LogP contribution in [0.3, 0.4) is 0 Å². The van der Waals surface area contributed by atoms with Gasteiger partial charge in [0, 0.05) is 12.0 Å². The van der Waals surface area contributed by atoms with Crippen LogP contribution in [-0.4, -0.2) is 6.04 Å². The lowest BCUT2D eigenvalue weighted by Gasteiger charge is -2.19. The molecule has 1 unspecified atom stereocenters. The minimum Gasteiger partial charge on any atom is -0.328 e. The zero-order valence-electron chi connectivity index (χ0n) is 12.3. The lowest BCUT2D eigenvalue weighted by molar-refractivity contribution is 0.534. The first-order chi connectivity index (χ1) is 9.81. The summed E-state index contributed by atoms with van der Waals surface area (Å²) in [6, 6.07) is 22.0. The molecule has 2 aromatic carbocycles. The fraction of sp³-hybridized carbons (Fsp3) is 0.368. The van der Waals surface area contributed by atoms with Crippen molar-refractivity contribution in [2.75, 3.05) is 0 Å². The van der Waals surface area contributed by atoms with Crippen molar-refractivity contribution in [3.05, 3.63) is 71.8 Å². The van der Waals surface area contributed by atoms with E-state index in [0.29, 0.717) is 12.0 Å². The van der Waals surface area contributed by atoms with E-state index in [0.717, 1.165) is 12.8 Å². The molecule has 0 bridgehead atoms. The Morgan fingerprint density at radius 3 is 1.75 bits per heavy atom. The van der Waals surface area contributed by atoms with E-state index in [4.69, 9.17) is 5.73 Å². The average Bonchev–Trinajstić information content (AvgIpc) is 2.53. The van der Waals surface area contributed by atoms with Gasteiger partial charge in [-0.05, 0) is 30.4 Å². The van der Waals surface area contributed by atoms with Crippen LogP contribution < -0.4 is 5.73 Å². The Morgan fingerprint density at radius 1 is 0.800 bits per heavy atom. The summed E-state index contributed by atoms with van der Waals surface area (Å²) in [5.41, 5.74) is 8.85. The summed E-state index contributed by atoms with van der Waals surface area (Å²) >= 11 is 0. The van der Waals surface area contributed by atoms with Gasteiger partial charge in [-0.3, -0.25) is 0 Å². The molecule has 106 valence electrons. The molecule has 2 rings (SSSR count).